The van der Waals surface area contributed by atoms with Gasteiger partial charge in [-0.15, -0.1) is 0 Å². The summed E-state index contributed by atoms with van der Waals surface area (Å²) < 4.78 is 11.1. The number of ether oxygens (including phenoxy) is 2. The first-order valence-corrected chi connectivity index (χ1v) is 9.77. The maximum Gasteiger partial charge on any atom is 0.255 e. The van der Waals surface area contributed by atoms with Crippen molar-refractivity contribution in [1.82, 2.24) is 0 Å². The molecule has 1 aliphatic rings. The molecule has 4 rings (SSSR count). The van der Waals surface area contributed by atoms with Gasteiger partial charge < -0.3 is 19.7 Å². The fourth-order valence-electron chi connectivity index (χ4n) is 3.35. The fraction of sp³-hybridized carbons (Fsp3) is 0.167. The zero-order chi connectivity index (χ0) is 20.9. The maximum absolute atomic E-state index is 12.5. The predicted octanol–water partition coefficient (Wildman–Crippen LogP) is 4.87. The number of anilines is 2. The van der Waals surface area contributed by atoms with Gasteiger partial charge in [-0.3, -0.25) is 9.59 Å². The van der Waals surface area contributed by atoms with Crippen LogP contribution in [-0.2, 0) is 4.79 Å². The summed E-state index contributed by atoms with van der Waals surface area (Å²) in [5.41, 5.74) is 2.01. The van der Waals surface area contributed by atoms with Gasteiger partial charge in [-0.2, -0.15) is 0 Å². The SMILES string of the molecule is COc1ccccc1Oc1ccc(NC(=O)c2ccc(N3CCCC3=O)cc2)cc1. The largest absolute Gasteiger partial charge is 0.493 e. The van der Waals surface area contributed by atoms with E-state index in [9.17, 15) is 9.59 Å². The molecule has 152 valence electrons. The van der Waals surface area contributed by atoms with Gasteiger partial charge >= 0.3 is 0 Å². The summed E-state index contributed by atoms with van der Waals surface area (Å²) in [6.07, 6.45) is 1.46. The summed E-state index contributed by atoms with van der Waals surface area (Å²) >= 11 is 0. The van der Waals surface area contributed by atoms with Crippen molar-refractivity contribution in [3.63, 3.8) is 0 Å². The quantitative estimate of drug-likeness (QED) is 0.639. The zero-order valence-corrected chi connectivity index (χ0v) is 16.6. The number of rotatable bonds is 6. The number of carbonyl (C=O) groups is 2. The van der Waals surface area contributed by atoms with Gasteiger partial charge in [0.2, 0.25) is 5.91 Å². The van der Waals surface area contributed by atoms with Gasteiger partial charge in [-0.25, -0.2) is 0 Å². The van der Waals surface area contributed by atoms with Crippen molar-refractivity contribution >= 4 is 23.2 Å². The number of carbonyl (C=O) groups excluding carboxylic acids is 2. The molecular formula is C24H22N2O4. The van der Waals surface area contributed by atoms with Gasteiger partial charge in [-0.05, 0) is 67.1 Å². The number of nitrogens with one attached hydrogen (secondary N) is 1. The molecule has 1 fully saturated rings. The van der Waals surface area contributed by atoms with Crippen LogP contribution in [0.15, 0.2) is 72.8 Å². The monoisotopic (exact) mass is 402 g/mol. The molecule has 3 aromatic rings. The second-order valence-corrected chi connectivity index (χ2v) is 6.93. The van der Waals surface area contributed by atoms with Crippen molar-refractivity contribution in [3.8, 4) is 17.2 Å². The Labute approximate surface area is 175 Å². The molecule has 1 heterocycles. The van der Waals surface area contributed by atoms with E-state index in [2.05, 4.69) is 5.32 Å². The van der Waals surface area contributed by atoms with Gasteiger partial charge in [-0.1, -0.05) is 12.1 Å². The Morgan fingerprint density at radius 3 is 2.27 bits per heavy atom. The molecule has 6 heteroatoms. The molecule has 0 atom stereocenters. The second kappa shape index (κ2) is 8.69. The lowest BCUT2D eigenvalue weighted by Crippen LogP contribution is -2.23. The third kappa shape index (κ3) is 4.27. The van der Waals surface area contributed by atoms with E-state index in [0.717, 1.165) is 18.7 Å². The van der Waals surface area contributed by atoms with Gasteiger partial charge in [0, 0.05) is 29.9 Å². The molecule has 0 aliphatic carbocycles. The summed E-state index contributed by atoms with van der Waals surface area (Å²) in [7, 11) is 1.59. The molecule has 1 aliphatic heterocycles. The number of amides is 2. The van der Waals surface area contributed by atoms with Crippen LogP contribution in [0.1, 0.15) is 23.2 Å². The molecule has 2 amide bonds. The Morgan fingerprint density at radius 2 is 1.63 bits per heavy atom. The van der Waals surface area contributed by atoms with E-state index in [1.807, 2.05) is 36.4 Å². The summed E-state index contributed by atoms with van der Waals surface area (Å²) in [5.74, 6) is 1.81. The first-order valence-electron chi connectivity index (χ1n) is 9.77. The highest BCUT2D eigenvalue weighted by molar-refractivity contribution is 6.04. The van der Waals surface area contributed by atoms with Crippen molar-refractivity contribution < 1.29 is 19.1 Å². The molecule has 0 saturated carbocycles. The van der Waals surface area contributed by atoms with E-state index < -0.39 is 0 Å². The molecule has 3 aromatic carbocycles. The molecule has 0 radical (unpaired) electrons. The molecule has 0 aromatic heterocycles. The zero-order valence-electron chi connectivity index (χ0n) is 16.6. The van der Waals surface area contributed by atoms with Crippen molar-refractivity contribution in [1.29, 1.82) is 0 Å². The summed E-state index contributed by atoms with van der Waals surface area (Å²) in [5, 5.41) is 2.87. The smallest absolute Gasteiger partial charge is 0.255 e. The number of nitrogens with zero attached hydrogens (tertiary/aromatic N) is 1. The van der Waals surface area contributed by atoms with Crippen LogP contribution in [-0.4, -0.2) is 25.5 Å². The lowest BCUT2D eigenvalue weighted by molar-refractivity contribution is -0.117. The summed E-state index contributed by atoms with van der Waals surface area (Å²) in [4.78, 5) is 26.1. The van der Waals surface area contributed by atoms with E-state index in [-0.39, 0.29) is 11.8 Å². The first-order chi connectivity index (χ1) is 14.6. The van der Waals surface area contributed by atoms with Gasteiger partial charge in [0.1, 0.15) is 5.75 Å². The predicted molar refractivity (Wildman–Crippen MR) is 115 cm³/mol. The van der Waals surface area contributed by atoms with Crippen molar-refractivity contribution in [2.45, 2.75) is 12.8 Å². The van der Waals surface area contributed by atoms with Gasteiger partial charge in [0.05, 0.1) is 7.11 Å². The maximum atomic E-state index is 12.5. The normalized spacial score (nSPS) is 13.2. The molecule has 0 unspecified atom stereocenters. The molecule has 1 saturated heterocycles. The Balaban J connectivity index is 1.39. The Bertz CT molecular complexity index is 1050. The lowest BCUT2D eigenvalue weighted by atomic mass is 10.1. The average Bonchev–Trinajstić information content (AvgIpc) is 3.21. The minimum atomic E-state index is -0.215. The third-order valence-corrected chi connectivity index (χ3v) is 4.92. The summed E-state index contributed by atoms with van der Waals surface area (Å²) in [6, 6.07) is 21.6. The average molecular weight is 402 g/mol. The Kier molecular flexibility index (Phi) is 5.66. The Hall–Kier alpha value is -3.80. The van der Waals surface area contributed by atoms with Crippen LogP contribution < -0.4 is 19.7 Å². The molecule has 1 N–H and O–H groups in total. The minimum absolute atomic E-state index is 0.127. The Morgan fingerprint density at radius 1 is 0.933 bits per heavy atom. The van der Waals surface area contributed by atoms with E-state index in [1.54, 1.807) is 48.4 Å². The molecule has 30 heavy (non-hydrogen) atoms. The summed E-state index contributed by atoms with van der Waals surface area (Å²) in [6.45, 7) is 0.730. The minimum Gasteiger partial charge on any atom is -0.493 e. The highest BCUT2D eigenvalue weighted by Crippen LogP contribution is 2.31. The van der Waals surface area contributed by atoms with E-state index in [4.69, 9.17) is 9.47 Å². The van der Waals surface area contributed by atoms with Crippen LogP contribution in [0.4, 0.5) is 11.4 Å². The van der Waals surface area contributed by atoms with Crippen molar-refractivity contribution in [2.24, 2.45) is 0 Å². The van der Waals surface area contributed by atoms with Crippen LogP contribution >= 0.6 is 0 Å². The number of para-hydroxylation sites is 2. The van der Waals surface area contributed by atoms with E-state index in [0.29, 0.717) is 34.9 Å². The first kappa shape index (κ1) is 19.5. The van der Waals surface area contributed by atoms with Crippen LogP contribution in [0.2, 0.25) is 0 Å². The second-order valence-electron chi connectivity index (χ2n) is 6.93. The molecule has 0 bridgehead atoms. The van der Waals surface area contributed by atoms with Gasteiger partial charge in [0.15, 0.2) is 11.5 Å². The number of methoxy groups -OCH3 is 1. The number of benzene rings is 3. The highest BCUT2D eigenvalue weighted by Gasteiger charge is 2.21. The topological polar surface area (TPSA) is 67.9 Å². The van der Waals surface area contributed by atoms with Crippen LogP contribution in [0.3, 0.4) is 0 Å². The lowest BCUT2D eigenvalue weighted by Gasteiger charge is -2.16. The van der Waals surface area contributed by atoms with Gasteiger partial charge in [0.25, 0.3) is 5.91 Å². The number of hydrogen-bond donors (Lipinski definition) is 1. The molecular weight excluding hydrogens is 380 g/mol. The van der Waals surface area contributed by atoms with Crippen LogP contribution in [0.5, 0.6) is 17.2 Å². The van der Waals surface area contributed by atoms with E-state index >= 15 is 0 Å². The highest BCUT2D eigenvalue weighted by atomic mass is 16.5. The van der Waals surface area contributed by atoms with E-state index in [1.165, 1.54) is 0 Å². The van der Waals surface area contributed by atoms with Crippen molar-refractivity contribution in [2.75, 3.05) is 23.9 Å². The standard InChI is InChI=1S/C24H22N2O4/c1-29-21-5-2-3-6-22(21)30-20-14-10-18(11-15-20)25-24(28)17-8-12-19(13-9-17)26-16-4-7-23(26)27/h2-3,5-6,8-15H,4,7,16H2,1H3,(H,25,28). The van der Waals surface area contributed by atoms with Crippen LogP contribution in [0.25, 0.3) is 0 Å². The van der Waals surface area contributed by atoms with Crippen molar-refractivity contribution in [3.05, 3.63) is 78.4 Å². The van der Waals surface area contributed by atoms with Crippen LogP contribution in [0, 0.1) is 0 Å². The molecule has 0 spiro atoms. The fourth-order valence-corrected chi connectivity index (χ4v) is 3.35. The molecule has 6 nitrogen and oxygen atoms in total. The number of hydrogen-bond acceptors (Lipinski definition) is 4. The third-order valence-electron chi connectivity index (χ3n) is 4.92.